The fraction of sp³-hybridized carbons (Fsp3) is 0.667. The van der Waals surface area contributed by atoms with E-state index in [1.54, 1.807) is 0 Å². The molecule has 0 atom stereocenters. The zero-order chi connectivity index (χ0) is 16.0. The second kappa shape index (κ2) is 7.14. The number of rotatable bonds is 8. The van der Waals surface area contributed by atoms with Crippen molar-refractivity contribution in [2.75, 3.05) is 30.4 Å². The van der Waals surface area contributed by atoms with Crippen molar-refractivity contribution in [2.24, 2.45) is 0 Å². The van der Waals surface area contributed by atoms with Gasteiger partial charge in [0.15, 0.2) is 0 Å². The summed E-state index contributed by atoms with van der Waals surface area (Å²) in [6.07, 6.45) is 0.854. The molecule has 9 nitrogen and oxygen atoms in total. The van der Waals surface area contributed by atoms with Crippen molar-refractivity contribution in [3.8, 4) is 0 Å². The quantitative estimate of drug-likeness (QED) is 0.406. The van der Waals surface area contributed by atoms with Crippen molar-refractivity contribution in [2.45, 2.75) is 32.7 Å². The number of nitrogens with zero attached hydrogens (tertiary/aromatic N) is 3. The molecule has 1 aromatic rings. The molecule has 0 amide bonds. The predicted octanol–water partition coefficient (Wildman–Crippen LogP) is 0.670. The molecule has 0 aliphatic heterocycles. The van der Waals surface area contributed by atoms with E-state index in [9.17, 15) is 20.3 Å². The van der Waals surface area contributed by atoms with Gasteiger partial charge < -0.3 is 20.8 Å². The van der Waals surface area contributed by atoms with Gasteiger partial charge in [-0.2, -0.15) is 4.98 Å². The molecule has 0 fully saturated rings. The zero-order valence-corrected chi connectivity index (χ0v) is 12.4. The van der Waals surface area contributed by atoms with Crippen LogP contribution in [0.1, 0.15) is 26.0 Å². The Hall–Kier alpha value is -2.00. The average Bonchev–Trinajstić information content (AvgIpc) is 2.44. The number of aromatic nitrogens is 2. The molecule has 1 rings (SSSR count). The van der Waals surface area contributed by atoms with Crippen LogP contribution in [0.25, 0.3) is 0 Å². The van der Waals surface area contributed by atoms with Crippen molar-refractivity contribution in [1.82, 2.24) is 9.97 Å². The average molecular weight is 299 g/mol. The van der Waals surface area contributed by atoms with Crippen LogP contribution in [0.5, 0.6) is 0 Å². The molecule has 21 heavy (non-hydrogen) atoms. The highest BCUT2D eigenvalue weighted by molar-refractivity contribution is 5.62. The summed E-state index contributed by atoms with van der Waals surface area (Å²) in [5.74, 6) is 0.234. The van der Waals surface area contributed by atoms with Crippen molar-refractivity contribution in [1.29, 1.82) is 0 Å². The first-order valence-electron chi connectivity index (χ1n) is 6.63. The normalized spacial score (nSPS) is 11.3. The second-order valence-corrected chi connectivity index (χ2v) is 5.02. The smallest absolute Gasteiger partial charge is 0.332 e. The maximum atomic E-state index is 11.2. The highest BCUT2D eigenvalue weighted by Crippen LogP contribution is 2.28. The van der Waals surface area contributed by atoms with Crippen LogP contribution in [-0.4, -0.2) is 50.4 Å². The van der Waals surface area contributed by atoms with E-state index in [2.05, 4.69) is 20.6 Å². The minimum Gasteiger partial charge on any atom is -0.394 e. The fourth-order valence-corrected chi connectivity index (χ4v) is 1.60. The Morgan fingerprint density at radius 3 is 2.43 bits per heavy atom. The first-order valence-corrected chi connectivity index (χ1v) is 6.63. The summed E-state index contributed by atoms with van der Waals surface area (Å²) in [4.78, 5) is 18.7. The summed E-state index contributed by atoms with van der Waals surface area (Å²) in [7, 11) is 0. The van der Waals surface area contributed by atoms with Gasteiger partial charge in [0.25, 0.3) is 0 Å². The van der Waals surface area contributed by atoms with Gasteiger partial charge in [0.05, 0.1) is 23.7 Å². The monoisotopic (exact) mass is 299 g/mol. The Balaban J connectivity index is 3.24. The Morgan fingerprint density at radius 1 is 1.33 bits per heavy atom. The highest BCUT2D eigenvalue weighted by Gasteiger charge is 2.29. The number of nitrogens with one attached hydrogen (secondary N) is 2. The number of anilines is 2. The van der Waals surface area contributed by atoms with Crippen LogP contribution in [0.2, 0.25) is 0 Å². The van der Waals surface area contributed by atoms with E-state index in [0.29, 0.717) is 6.54 Å². The summed E-state index contributed by atoms with van der Waals surface area (Å²) >= 11 is 0. The molecule has 9 heteroatoms. The van der Waals surface area contributed by atoms with Crippen LogP contribution in [0.3, 0.4) is 0 Å². The molecule has 0 aliphatic carbocycles. The molecule has 1 aromatic heterocycles. The van der Waals surface area contributed by atoms with Crippen molar-refractivity contribution < 1.29 is 15.1 Å². The Labute approximate surface area is 122 Å². The van der Waals surface area contributed by atoms with E-state index in [1.165, 1.54) is 13.8 Å². The molecule has 0 aromatic carbocycles. The van der Waals surface area contributed by atoms with Crippen LogP contribution in [0.4, 0.5) is 17.5 Å². The Morgan fingerprint density at radius 2 is 1.95 bits per heavy atom. The number of aliphatic hydroxyl groups excluding tert-OH is 2. The minimum absolute atomic E-state index is 0.0308. The minimum atomic E-state index is -1.12. The molecule has 1 heterocycles. The van der Waals surface area contributed by atoms with E-state index in [0.717, 1.165) is 6.42 Å². The standard InChI is InChI=1S/C12H21N5O4/c1-4-5-13-11-14-8(2)9(17(20)21)10(15-11)16-12(3,6-18)7-19/h18-19H,4-7H2,1-3H3,(H2,13,14,15,16). The molecular formula is C12H21N5O4. The van der Waals surface area contributed by atoms with Gasteiger partial charge in [0.1, 0.15) is 5.69 Å². The van der Waals surface area contributed by atoms with Gasteiger partial charge in [0, 0.05) is 6.54 Å². The summed E-state index contributed by atoms with van der Waals surface area (Å²) in [6, 6.07) is 0. The lowest BCUT2D eigenvalue weighted by molar-refractivity contribution is -0.385. The number of aryl methyl sites for hydroxylation is 1. The van der Waals surface area contributed by atoms with Gasteiger partial charge in [-0.25, -0.2) is 4.98 Å². The van der Waals surface area contributed by atoms with E-state index in [4.69, 9.17) is 0 Å². The Bertz CT molecular complexity index is 505. The first kappa shape index (κ1) is 17.1. The lowest BCUT2D eigenvalue weighted by Gasteiger charge is -2.26. The van der Waals surface area contributed by atoms with Gasteiger partial charge in [0.2, 0.25) is 11.8 Å². The molecule has 118 valence electrons. The van der Waals surface area contributed by atoms with Gasteiger partial charge in [-0.1, -0.05) is 6.92 Å². The highest BCUT2D eigenvalue weighted by atomic mass is 16.6. The number of hydrogen-bond acceptors (Lipinski definition) is 8. The van der Waals surface area contributed by atoms with Gasteiger partial charge in [-0.05, 0) is 20.3 Å². The molecular weight excluding hydrogens is 278 g/mol. The van der Waals surface area contributed by atoms with E-state index < -0.39 is 23.7 Å². The number of hydrogen-bond donors (Lipinski definition) is 4. The maximum absolute atomic E-state index is 11.2. The second-order valence-electron chi connectivity index (χ2n) is 5.02. The zero-order valence-electron chi connectivity index (χ0n) is 12.4. The van der Waals surface area contributed by atoms with Crippen LogP contribution < -0.4 is 10.6 Å². The lowest BCUT2D eigenvalue weighted by atomic mass is 10.1. The fourth-order valence-electron chi connectivity index (χ4n) is 1.60. The molecule has 0 aliphatic rings. The van der Waals surface area contributed by atoms with Gasteiger partial charge >= 0.3 is 5.69 Å². The van der Waals surface area contributed by atoms with E-state index in [-0.39, 0.29) is 23.1 Å². The van der Waals surface area contributed by atoms with Crippen molar-refractivity contribution in [3.05, 3.63) is 15.8 Å². The summed E-state index contributed by atoms with van der Waals surface area (Å²) in [5, 5.41) is 35.5. The van der Waals surface area contributed by atoms with Crippen molar-refractivity contribution in [3.63, 3.8) is 0 Å². The topological polar surface area (TPSA) is 133 Å². The van der Waals surface area contributed by atoms with Crippen molar-refractivity contribution >= 4 is 17.5 Å². The van der Waals surface area contributed by atoms with Crippen LogP contribution in [0.15, 0.2) is 0 Å². The molecule has 0 bridgehead atoms. The lowest BCUT2D eigenvalue weighted by Crippen LogP contribution is -2.43. The first-order chi connectivity index (χ1) is 9.86. The van der Waals surface area contributed by atoms with Crippen LogP contribution in [-0.2, 0) is 0 Å². The molecule has 4 N–H and O–H groups in total. The van der Waals surface area contributed by atoms with Gasteiger partial charge in [-0.3, -0.25) is 10.1 Å². The SMILES string of the molecule is CCCNc1nc(C)c([N+](=O)[O-])c(NC(C)(CO)CO)n1. The van der Waals surface area contributed by atoms with E-state index >= 15 is 0 Å². The Kier molecular flexibility index (Phi) is 5.79. The number of aliphatic hydroxyl groups is 2. The predicted molar refractivity (Wildman–Crippen MR) is 78.4 cm³/mol. The third-order valence-corrected chi connectivity index (χ3v) is 2.89. The largest absolute Gasteiger partial charge is 0.394 e. The van der Waals surface area contributed by atoms with E-state index in [1.807, 2.05) is 6.92 Å². The summed E-state index contributed by atoms with van der Waals surface area (Å²) in [5.41, 5.74) is -1.19. The molecule has 0 spiro atoms. The molecule has 0 radical (unpaired) electrons. The summed E-state index contributed by atoms with van der Waals surface area (Å²) in [6.45, 7) is 4.85. The van der Waals surface area contributed by atoms with Crippen LogP contribution >= 0.6 is 0 Å². The van der Waals surface area contributed by atoms with Gasteiger partial charge in [-0.15, -0.1) is 0 Å². The van der Waals surface area contributed by atoms with Crippen LogP contribution in [0, 0.1) is 17.0 Å². The molecule has 0 unspecified atom stereocenters. The summed E-state index contributed by atoms with van der Waals surface area (Å²) < 4.78 is 0. The third kappa shape index (κ3) is 4.23. The number of nitro groups is 1. The third-order valence-electron chi connectivity index (χ3n) is 2.89. The molecule has 0 saturated heterocycles. The maximum Gasteiger partial charge on any atom is 0.332 e. The molecule has 0 saturated carbocycles.